The summed E-state index contributed by atoms with van der Waals surface area (Å²) in [6.07, 6.45) is -1.12. The van der Waals surface area contributed by atoms with Crippen LogP contribution in [-0.2, 0) is 22.6 Å². The molecule has 0 fully saturated rings. The van der Waals surface area contributed by atoms with Crippen LogP contribution in [0.3, 0.4) is 0 Å². The van der Waals surface area contributed by atoms with Crippen LogP contribution in [0.2, 0.25) is 0 Å². The predicted molar refractivity (Wildman–Crippen MR) is 111 cm³/mol. The van der Waals surface area contributed by atoms with Crippen LogP contribution in [0.4, 0.5) is 13.2 Å². The number of halogens is 4. The van der Waals surface area contributed by atoms with Crippen LogP contribution >= 0.6 is 24.0 Å². The van der Waals surface area contributed by atoms with E-state index in [-0.39, 0.29) is 30.6 Å². The number of nitrogens with zero attached hydrogens (tertiary/aromatic N) is 1. The highest BCUT2D eigenvalue weighted by Crippen LogP contribution is 2.15. The Balaban J connectivity index is 0.00000676. The lowest BCUT2D eigenvalue weighted by molar-refractivity contribution is -0.176. The van der Waals surface area contributed by atoms with Crippen molar-refractivity contribution in [2.75, 3.05) is 33.9 Å². The summed E-state index contributed by atoms with van der Waals surface area (Å²) in [6, 6.07) is 7.24. The zero-order chi connectivity index (χ0) is 19.3. The van der Waals surface area contributed by atoms with Crippen molar-refractivity contribution in [2.45, 2.75) is 38.6 Å². The van der Waals surface area contributed by atoms with Crippen LogP contribution in [0.15, 0.2) is 29.3 Å². The highest BCUT2D eigenvalue weighted by molar-refractivity contribution is 14.0. The van der Waals surface area contributed by atoms with E-state index in [0.29, 0.717) is 18.1 Å². The van der Waals surface area contributed by atoms with Crippen molar-refractivity contribution < 1.29 is 22.6 Å². The topological polar surface area (TPSA) is 54.9 Å². The third kappa shape index (κ3) is 13.7. The minimum atomic E-state index is -4.30. The fourth-order valence-electron chi connectivity index (χ4n) is 2.20. The SMILES string of the molecule is CN=C(NCCCCCOC)NCc1ccc(COCC(F)(F)F)cc1.I. The van der Waals surface area contributed by atoms with Gasteiger partial charge in [0.05, 0.1) is 6.61 Å². The van der Waals surface area contributed by atoms with E-state index in [1.54, 1.807) is 26.3 Å². The average molecular weight is 503 g/mol. The van der Waals surface area contributed by atoms with E-state index in [1.807, 2.05) is 12.1 Å². The highest BCUT2D eigenvalue weighted by atomic mass is 127. The number of aliphatic imine (C=N–C) groups is 1. The predicted octanol–water partition coefficient (Wildman–Crippen LogP) is 3.87. The lowest BCUT2D eigenvalue weighted by Crippen LogP contribution is -2.37. The van der Waals surface area contributed by atoms with Crippen LogP contribution < -0.4 is 10.6 Å². The molecule has 1 rings (SSSR count). The van der Waals surface area contributed by atoms with E-state index in [0.717, 1.165) is 38.0 Å². The fourth-order valence-corrected chi connectivity index (χ4v) is 2.20. The highest BCUT2D eigenvalue weighted by Gasteiger charge is 2.27. The Kier molecular flexibility index (Phi) is 14.3. The Labute approximate surface area is 176 Å². The van der Waals surface area contributed by atoms with Crippen molar-refractivity contribution in [1.82, 2.24) is 10.6 Å². The summed E-state index contributed by atoms with van der Waals surface area (Å²) in [5.41, 5.74) is 1.71. The van der Waals surface area contributed by atoms with E-state index in [4.69, 9.17) is 4.74 Å². The zero-order valence-corrected chi connectivity index (χ0v) is 18.1. The molecule has 1 aromatic carbocycles. The molecule has 1 aromatic rings. The first-order valence-electron chi connectivity index (χ1n) is 8.60. The Morgan fingerprint density at radius 1 is 1.04 bits per heavy atom. The Hall–Kier alpha value is -1.07. The van der Waals surface area contributed by atoms with E-state index in [1.165, 1.54) is 0 Å². The molecule has 0 aromatic heterocycles. The molecule has 0 bridgehead atoms. The molecule has 0 amide bonds. The molecule has 0 aliphatic heterocycles. The summed E-state index contributed by atoms with van der Waals surface area (Å²) in [5.74, 6) is 0.717. The molecule has 0 aliphatic rings. The first-order chi connectivity index (χ1) is 12.4. The maximum Gasteiger partial charge on any atom is 0.411 e. The molecule has 5 nitrogen and oxygen atoms in total. The van der Waals surface area contributed by atoms with Crippen molar-refractivity contribution in [1.29, 1.82) is 0 Å². The number of ether oxygens (including phenoxy) is 2. The number of guanidine groups is 1. The number of methoxy groups -OCH3 is 1. The molecule has 0 heterocycles. The summed E-state index contributed by atoms with van der Waals surface area (Å²) in [5, 5.41) is 6.45. The fraction of sp³-hybridized carbons (Fsp3) is 0.611. The minimum absolute atomic E-state index is 0. The van der Waals surface area contributed by atoms with Crippen molar-refractivity contribution >= 4 is 29.9 Å². The largest absolute Gasteiger partial charge is 0.411 e. The van der Waals surface area contributed by atoms with Gasteiger partial charge in [-0.1, -0.05) is 24.3 Å². The van der Waals surface area contributed by atoms with Gasteiger partial charge in [0.25, 0.3) is 0 Å². The van der Waals surface area contributed by atoms with Gasteiger partial charge in [0, 0.05) is 33.9 Å². The normalized spacial score (nSPS) is 11.8. The molecule has 0 radical (unpaired) electrons. The molecule has 9 heteroatoms. The van der Waals surface area contributed by atoms with Crippen LogP contribution in [-0.4, -0.2) is 46.1 Å². The van der Waals surface area contributed by atoms with Gasteiger partial charge >= 0.3 is 6.18 Å². The van der Waals surface area contributed by atoms with Crippen LogP contribution in [0.1, 0.15) is 30.4 Å². The second-order valence-electron chi connectivity index (χ2n) is 5.83. The number of alkyl halides is 3. The van der Waals surface area contributed by atoms with E-state index in [2.05, 4.69) is 20.4 Å². The smallest absolute Gasteiger partial charge is 0.385 e. The first-order valence-corrected chi connectivity index (χ1v) is 8.60. The van der Waals surface area contributed by atoms with Gasteiger partial charge in [-0.05, 0) is 30.4 Å². The molecule has 27 heavy (non-hydrogen) atoms. The first kappa shape index (κ1) is 25.9. The second-order valence-corrected chi connectivity index (χ2v) is 5.83. The molecule has 2 N–H and O–H groups in total. The molecule has 0 unspecified atom stereocenters. The van der Waals surface area contributed by atoms with Gasteiger partial charge in [0.15, 0.2) is 5.96 Å². The van der Waals surface area contributed by atoms with Gasteiger partial charge in [-0.2, -0.15) is 13.2 Å². The van der Waals surface area contributed by atoms with Gasteiger partial charge in [-0.15, -0.1) is 24.0 Å². The summed E-state index contributed by atoms with van der Waals surface area (Å²) >= 11 is 0. The third-order valence-electron chi connectivity index (χ3n) is 3.56. The quantitative estimate of drug-likeness (QED) is 0.209. The molecule has 156 valence electrons. The van der Waals surface area contributed by atoms with Gasteiger partial charge in [0.1, 0.15) is 6.61 Å². The Morgan fingerprint density at radius 3 is 2.30 bits per heavy atom. The van der Waals surface area contributed by atoms with E-state index < -0.39 is 12.8 Å². The number of hydrogen-bond donors (Lipinski definition) is 2. The van der Waals surface area contributed by atoms with Crippen molar-refractivity contribution in [3.8, 4) is 0 Å². The number of benzene rings is 1. The third-order valence-corrected chi connectivity index (χ3v) is 3.56. The van der Waals surface area contributed by atoms with E-state index >= 15 is 0 Å². The monoisotopic (exact) mass is 503 g/mol. The van der Waals surface area contributed by atoms with E-state index in [9.17, 15) is 13.2 Å². The second kappa shape index (κ2) is 14.9. The van der Waals surface area contributed by atoms with Crippen LogP contribution in [0.25, 0.3) is 0 Å². The standard InChI is InChI=1S/C18H28F3N3O2.HI/c1-22-17(23-10-4-3-5-11-25-2)24-12-15-6-8-16(9-7-15)13-26-14-18(19,20)21;/h6-9H,3-5,10-14H2,1-2H3,(H2,22,23,24);1H. The zero-order valence-electron chi connectivity index (χ0n) is 15.8. The molecule has 0 aliphatic carbocycles. The Morgan fingerprint density at radius 2 is 1.70 bits per heavy atom. The van der Waals surface area contributed by atoms with Crippen molar-refractivity contribution in [3.63, 3.8) is 0 Å². The molecular weight excluding hydrogens is 474 g/mol. The number of hydrogen-bond acceptors (Lipinski definition) is 3. The summed E-state index contributed by atoms with van der Waals surface area (Å²) in [7, 11) is 3.41. The molecule has 0 saturated heterocycles. The van der Waals surface area contributed by atoms with Crippen molar-refractivity contribution in [2.24, 2.45) is 4.99 Å². The van der Waals surface area contributed by atoms with Gasteiger partial charge < -0.3 is 20.1 Å². The minimum Gasteiger partial charge on any atom is -0.385 e. The maximum atomic E-state index is 12.0. The van der Waals surface area contributed by atoms with Crippen LogP contribution in [0.5, 0.6) is 0 Å². The van der Waals surface area contributed by atoms with Gasteiger partial charge in [0.2, 0.25) is 0 Å². The summed E-state index contributed by atoms with van der Waals surface area (Å²) in [6.45, 7) is 0.902. The molecule has 0 atom stereocenters. The summed E-state index contributed by atoms with van der Waals surface area (Å²) < 4.78 is 45.8. The van der Waals surface area contributed by atoms with Gasteiger partial charge in [-0.3, -0.25) is 4.99 Å². The summed E-state index contributed by atoms with van der Waals surface area (Å²) in [4.78, 5) is 4.16. The lowest BCUT2D eigenvalue weighted by Gasteiger charge is -2.12. The average Bonchev–Trinajstić information content (AvgIpc) is 2.60. The molecular formula is C18H29F3IN3O2. The number of rotatable bonds is 11. The Bertz CT molecular complexity index is 526. The van der Waals surface area contributed by atoms with Gasteiger partial charge in [-0.25, -0.2) is 0 Å². The maximum absolute atomic E-state index is 12.0. The lowest BCUT2D eigenvalue weighted by atomic mass is 10.1. The van der Waals surface area contributed by atoms with Crippen molar-refractivity contribution in [3.05, 3.63) is 35.4 Å². The number of unbranched alkanes of at least 4 members (excludes halogenated alkanes) is 2. The van der Waals surface area contributed by atoms with Crippen LogP contribution in [0, 0.1) is 0 Å². The number of nitrogens with one attached hydrogen (secondary N) is 2. The molecule has 0 saturated carbocycles. The molecule has 0 spiro atoms.